The van der Waals surface area contributed by atoms with E-state index in [0.29, 0.717) is 25.5 Å². The molecule has 1 amide bonds. The Morgan fingerprint density at radius 3 is 2.88 bits per heavy atom. The van der Waals surface area contributed by atoms with Crippen LogP contribution in [0.5, 0.6) is 0 Å². The monoisotopic (exact) mass is 341 g/mol. The van der Waals surface area contributed by atoms with Gasteiger partial charge in [0.05, 0.1) is 31.1 Å². The van der Waals surface area contributed by atoms with Gasteiger partial charge < -0.3 is 14.7 Å². The minimum Gasteiger partial charge on any atom is -0.393 e. The maximum atomic E-state index is 13.0. The average Bonchev–Trinajstić information content (AvgIpc) is 3.31. The quantitative estimate of drug-likeness (QED) is 0.896. The number of carbonyl (C=O) groups excluding carboxylic acids is 1. The summed E-state index contributed by atoms with van der Waals surface area (Å²) in [6, 6.07) is 11.5. The number of hydrogen-bond acceptors (Lipinski definition) is 4. The second kappa shape index (κ2) is 6.98. The number of aromatic amines is 1. The molecule has 3 atom stereocenters. The summed E-state index contributed by atoms with van der Waals surface area (Å²) in [6.07, 6.45) is 2.42. The third-order valence-corrected chi connectivity index (χ3v) is 5.33. The molecule has 2 fully saturated rings. The van der Waals surface area contributed by atoms with Gasteiger partial charge in [-0.25, -0.2) is 0 Å². The Bertz CT molecular complexity index is 731. The van der Waals surface area contributed by atoms with Gasteiger partial charge in [-0.2, -0.15) is 5.10 Å². The second-order valence-electron chi connectivity index (χ2n) is 6.84. The fourth-order valence-corrected chi connectivity index (χ4v) is 3.99. The Hall–Kier alpha value is -2.18. The van der Waals surface area contributed by atoms with E-state index < -0.39 is 0 Å². The molecule has 6 heteroatoms. The van der Waals surface area contributed by atoms with Crippen LogP contribution in [0.4, 0.5) is 0 Å². The molecule has 0 spiro atoms. The van der Waals surface area contributed by atoms with E-state index in [9.17, 15) is 9.90 Å². The van der Waals surface area contributed by atoms with Crippen molar-refractivity contribution >= 4 is 5.91 Å². The lowest BCUT2D eigenvalue weighted by atomic mass is 9.94. The predicted octanol–water partition coefficient (Wildman–Crippen LogP) is 2.08. The van der Waals surface area contributed by atoms with Gasteiger partial charge in [0, 0.05) is 18.0 Å². The maximum absolute atomic E-state index is 13.0. The average molecular weight is 341 g/mol. The Morgan fingerprint density at radius 1 is 1.28 bits per heavy atom. The summed E-state index contributed by atoms with van der Waals surface area (Å²) >= 11 is 0. The van der Waals surface area contributed by atoms with Crippen LogP contribution in [0.2, 0.25) is 0 Å². The number of hydrogen-bond donors (Lipinski definition) is 2. The van der Waals surface area contributed by atoms with Crippen LogP contribution in [0.1, 0.15) is 29.8 Å². The number of aliphatic hydroxyl groups is 1. The second-order valence-corrected chi connectivity index (χ2v) is 6.84. The van der Waals surface area contributed by atoms with E-state index in [1.807, 2.05) is 35.2 Å². The van der Waals surface area contributed by atoms with Crippen LogP contribution in [-0.4, -0.2) is 58.0 Å². The van der Waals surface area contributed by atoms with Crippen molar-refractivity contribution in [3.05, 3.63) is 42.1 Å². The van der Waals surface area contributed by atoms with Gasteiger partial charge in [0.1, 0.15) is 5.69 Å². The van der Waals surface area contributed by atoms with Crippen LogP contribution in [0.3, 0.4) is 0 Å². The van der Waals surface area contributed by atoms with Gasteiger partial charge in [-0.1, -0.05) is 36.8 Å². The summed E-state index contributed by atoms with van der Waals surface area (Å²) in [4.78, 5) is 14.9. The number of aromatic nitrogens is 2. The zero-order valence-electron chi connectivity index (χ0n) is 14.1. The molecule has 2 heterocycles. The number of aliphatic hydroxyl groups excluding tert-OH is 1. The van der Waals surface area contributed by atoms with E-state index in [0.717, 1.165) is 30.5 Å². The highest BCUT2D eigenvalue weighted by Gasteiger charge is 2.40. The predicted molar refractivity (Wildman–Crippen MR) is 93.0 cm³/mol. The summed E-state index contributed by atoms with van der Waals surface area (Å²) in [5.41, 5.74) is 2.22. The number of nitrogens with zero attached hydrogens (tertiary/aromatic N) is 2. The Morgan fingerprint density at radius 2 is 2.12 bits per heavy atom. The van der Waals surface area contributed by atoms with Crippen LogP contribution in [0.25, 0.3) is 11.3 Å². The standard InChI is InChI=1S/C19H23N3O3/c23-18-8-4-7-14(18)17-12-25-10-9-22(17)19(24)16-11-15(20-21-16)13-5-2-1-3-6-13/h1-3,5-6,11,14,17-18,23H,4,7-10,12H2,(H,20,21)/t14-,17-,18+/m1/s1. The van der Waals surface area contributed by atoms with Gasteiger partial charge in [-0.05, 0) is 18.9 Å². The fraction of sp³-hybridized carbons (Fsp3) is 0.474. The van der Waals surface area contributed by atoms with E-state index >= 15 is 0 Å². The SMILES string of the molecule is O=C(c1cc(-c2ccccc2)n[nH]1)N1CCOC[C@@H]1[C@H]1CCC[C@@H]1O. The molecule has 2 N–H and O–H groups in total. The molecule has 2 aromatic rings. The van der Waals surface area contributed by atoms with Crippen molar-refractivity contribution in [3.8, 4) is 11.3 Å². The van der Waals surface area contributed by atoms with Crippen LogP contribution in [0, 0.1) is 5.92 Å². The van der Waals surface area contributed by atoms with Crippen molar-refractivity contribution in [3.63, 3.8) is 0 Å². The molecule has 1 aromatic carbocycles. The van der Waals surface area contributed by atoms with Crippen LogP contribution in [-0.2, 0) is 4.74 Å². The van der Waals surface area contributed by atoms with Gasteiger partial charge in [0.15, 0.2) is 0 Å². The van der Waals surface area contributed by atoms with Gasteiger partial charge >= 0.3 is 0 Å². The molecule has 0 radical (unpaired) electrons. The summed E-state index contributed by atoms with van der Waals surface area (Å²) in [5, 5.41) is 17.4. The number of nitrogens with one attached hydrogen (secondary N) is 1. The number of ether oxygens (including phenoxy) is 1. The molecule has 6 nitrogen and oxygen atoms in total. The number of carbonyl (C=O) groups is 1. The molecule has 1 saturated heterocycles. The van der Waals surface area contributed by atoms with Gasteiger partial charge in [0.2, 0.25) is 0 Å². The van der Waals surface area contributed by atoms with E-state index in [1.54, 1.807) is 6.07 Å². The topological polar surface area (TPSA) is 78.5 Å². The summed E-state index contributed by atoms with van der Waals surface area (Å²) < 4.78 is 5.60. The van der Waals surface area contributed by atoms with Crippen LogP contribution in [0.15, 0.2) is 36.4 Å². The Kier molecular flexibility index (Phi) is 4.55. The van der Waals surface area contributed by atoms with Gasteiger partial charge in [-0.15, -0.1) is 0 Å². The summed E-state index contributed by atoms with van der Waals surface area (Å²) in [6.45, 7) is 1.57. The van der Waals surface area contributed by atoms with E-state index in [4.69, 9.17) is 4.74 Å². The highest BCUT2D eigenvalue weighted by atomic mass is 16.5. The zero-order chi connectivity index (χ0) is 17.2. The fourth-order valence-electron chi connectivity index (χ4n) is 3.99. The first-order valence-corrected chi connectivity index (χ1v) is 8.91. The number of H-pyrrole nitrogens is 1. The van der Waals surface area contributed by atoms with Crippen molar-refractivity contribution < 1.29 is 14.6 Å². The molecule has 1 aliphatic carbocycles. The van der Waals surface area contributed by atoms with E-state index in [2.05, 4.69) is 10.2 Å². The molecule has 0 bridgehead atoms. The lowest BCUT2D eigenvalue weighted by molar-refractivity contribution is -0.0385. The highest BCUT2D eigenvalue weighted by molar-refractivity contribution is 5.93. The molecule has 1 aromatic heterocycles. The van der Waals surface area contributed by atoms with Crippen molar-refractivity contribution in [1.29, 1.82) is 0 Å². The first-order chi connectivity index (χ1) is 12.2. The third-order valence-electron chi connectivity index (χ3n) is 5.33. The molecule has 2 aliphatic rings. The molecule has 4 rings (SSSR count). The van der Waals surface area contributed by atoms with Gasteiger partial charge in [-0.3, -0.25) is 9.89 Å². The van der Waals surface area contributed by atoms with Gasteiger partial charge in [0.25, 0.3) is 5.91 Å². The third kappa shape index (κ3) is 3.19. The maximum Gasteiger partial charge on any atom is 0.272 e. The van der Waals surface area contributed by atoms with Crippen molar-refractivity contribution in [2.75, 3.05) is 19.8 Å². The Labute approximate surface area is 146 Å². The minimum atomic E-state index is -0.344. The number of benzene rings is 1. The Balaban J connectivity index is 1.55. The number of morpholine rings is 1. The smallest absolute Gasteiger partial charge is 0.272 e. The largest absolute Gasteiger partial charge is 0.393 e. The molecular weight excluding hydrogens is 318 g/mol. The molecule has 25 heavy (non-hydrogen) atoms. The number of rotatable bonds is 3. The summed E-state index contributed by atoms with van der Waals surface area (Å²) in [7, 11) is 0. The van der Waals surface area contributed by atoms with Crippen molar-refractivity contribution in [2.45, 2.75) is 31.4 Å². The van der Waals surface area contributed by atoms with Crippen LogP contribution < -0.4 is 0 Å². The zero-order valence-corrected chi connectivity index (χ0v) is 14.1. The molecule has 1 saturated carbocycles. The first kappa shape index (κ1) is 16.3. The first-order valence-electron chi connectivity index (χ1n) is 8.91. The van der Waals surface area contributed by atoms with Crippen LogP contribution >= 0.6 is 0 Å². The lowest BCUT2D eigenvalue weighted by Crippen LogP contribution is -2.53. The molecular formula is C19H23N3O3. The molecule has 1 aliphatic heterocycles. The van der Waals surface area contributed by atoms with Crippen molar-refractivity contribution in [2.24, 2.45) is 5.92 Å². The van der Waals surface area contributed by atoms with Crippen molar-refractivity contribution in [1.82, 2.24) is 15.1 Å². The molecule has 132 valence electrons. The molecule has 0 unspecified atom stereocenters. The summed E-state index contributed by atoms with van der Waals surface area (Å²) in [5.74, 6) is 0.0304. The highest BCUT2D eigenvalue weighted by Crippen LogP contribution is 2.33. The normalized spacial score (nSPS) is 26.8. The minimum absolute atomic E-state index is 0.0674. The van der Waals surface area contributed by atoms with E-state index in [-0.39, 0.29) is 24.0 Å². The number of amides is 1. The van der Waals surface area contributed by atoms with E-state index in [1.165, 1.54) is 0 Å². The lowest BCUT2D eigenvalue weighted by Gasteiger charge is -2.39.